The topological polar surface area (TPSA) is 35.6 Å². The molecule has 1 fully saturated rings. The number of hydrogen-bond donors (Lipinski definition) is 1. The van der Waals surface area contributed by atoms with Crippen LogP contribution in [0.25, 0.3) is 0 Å². The van der Waals surface area contributed by atoms with Gasteiger partial charge in [-0.3, -0.25) is 4.79 Å². The number of rotatable bonds is 6. The minimum atomic E-state index is 0.246. The van der Waals surface area contributed by atoms with Crippen molar-refractivity contribution in [3.63, 3.8) is 0 Å². The van der Waals surface area contributed by atoms with E-state index in [4.69, 9.17) is 0 Å². The van der Waals surface area contributed by atoms with E-state index in [1.807, 2.05) is 4.90 Å². The van der Waals surface area contributed by atoms with Gasteiger partial charge in [-0.05, 0) is 48.6 Å². The summed E-state index contributed by atoms with van der Waals surface area (Å²) in [5, 5.41) is 3.52. The molecule has 0 spiro atoms. The van der Waals surface area contributed by atoms with Gasteiger partial charge in [0.25, 0.3) is 0 Å². The van der Waals surface area contributed by atoms with Crippen LogP contribution in [-0.4, -0.2) is 43.5 Å². The van der Waals surface area contributed by atoms with Crippen molar-refractivity contribution < 1.29 is 4.79 Å². The van der Waals surface area contributed by atoms with Crippen LogP contribution in [0.3, 0.4) is 0 Å². The molecule has 0 aliphatic carbocycles. The zero-order valence-electron chi connectivity index (χ0n) is 17.7. The number of carbonyl (C=O) groups is 1. The summed E-state index contributed by atoms with van der Waals surface area (Å²) in [5.41, 5.74) is 6.28. The quantitative estimate of drug-likeness (QED) is 0.798. The second-order valence-electron chi connectivity index (χ2n) is 8.08. The lowest BCUT2D eigenvalue weighted by Crippen LogP contribution is -2.49. The summed E-state index contributed by atoms with van der Waals surface area (Å²) < 4.78 is 0. The SMILES string of the molecule is Cc1cccc(N2CCN(C(=O)CCNc3c(C)cccc3C(C)C)CC2)c1. The normalized spacial score (nSPS) is 14.5. The Balaban J connectivity index is 1.49. The smallest absolute Gasteiger partial charge is 0.224 e. The lowest BCUT2D eigenvalue weighted by molar-refractivity contribution is -0.131. The third kappa shape index (κ3) is 4.86. The molecule has 1 N–H and O–H groups in total. The predicted octanol–water partition coefficient (Wildman–Crippen LogP) is 4.58. The number of anilines is 2. The zero-order chi connectivity index (χ0) is 20.1. The third-order valence-electron chi connectivity index (χ3n) is 5.57. The number of nitrogens with one attached hydrogen (secondary N) is 1. The van der Waals surface area contributed by atoms with Crippen LogP contribution in [-0.2, 0) is 4.79 Å². The Morgan fingerprint density at radius 2 is 1.75 bits per heavy atom. The summed E-state index contributed by atoms with van der Waals surface area (Å²) in [6.45, 7) is 12.7. The maximum Gasteiger partial charge on any atom is 0.224 e. The number of para-hydroxylation sites is 1. The maximum atomic E-state index is 12.7. The minimum absolute atomic E-state index is 0.246. The fraction of sp³-hybridized carbons (Fsp3) is 0.458. The van der Waals surface area contributed by atoms with Gasteiger partial charge in [0.1, 0.15) is 0 Å². The Bertz CT molecular complexity index is 807. The predicted molar refractivity (Wildman–Crippen MR) is 118 cm³/mol. The number of carbonyl (C=O) groups excluding carboxylic acids is 1. The Morgan fingerprint density at radius 3 is 2.43 bits per heavy atom. The molecule has 2 aromatic rings. The second kappa shape index (κ2) is 9.13. The molecular weight excluding hydrogens is 346 g/mol. The monoisotopic (exact) mass is 379 g/mol. The van der Waals surface area contributed by atoms with Gasteiger partial charge < -0.3 is 15.1 Å². The van der Waals surface area contributed by atoms with Gasteiger partial charge in [-0.2, -0.15) is 0 Å². The van der Waals surface area contributed by atoms with Crippen molar-refractivity contribution in [2.75, 3.05) is 42.9 Å². The molecule has 1 aliphatic rings. The summed E-state index contributed by atoms with van der Waals surface area (Å²) in [6.07, 6.45) is 0.538. The molecule has 1 heterocycles. The number of hydrogen-bond acceptors (Lipinski definition) is 3. The molecule has 4 heteroatoms. The van der Waals surface area contributed by atoms with E-state index < -0.39 is 0 Å². The van der Waals surface area contributed by atoms with E-state index >= 15 is 0 Å². The van der Waals surface area contributed by atoms with Crippen LogP contribution < -0.4 is 10.2 Å². The van der Waals surface area contributed by atoms with E-state index in [1.165, 1.54) is 28.1 Å². The minimum Gasteiger partial charge on any atom is -0.384 e. The van der Waals surface area contributed by atoms with Crippen molar-refractivity contribution in [1.82, 2.24) is 4.90 Å². The van der Waals surface area contributed by atoms with E-state index in [1.54, 1.807) is 0 Å². The Labute approximate surface area is 169 Å². The zero-order valence-corrected chi connectivity index (χ0v) is 17.7. The highest BCUT2D eigenvalue weighted by molar-refractivity contribution is 5.77. The third-order valence-corrected chi connectivity index (χ3v) is 5.57. The van der Waals surface area contributed by atoms with Gasteiger partial charge in [-0.25, -0.2) is 0 Å². The van der Waals surface area contributed by atoms with E-state index in [2.05, 4.69) is 80.4 Å². The van der Waals surface area contributed by atoms with Crippen molar-refractivity contribution in [3.8, 4) is 0 Å². The van der Waals surface area contributed by atoms with Crippen molar-refractivity contribution in [3.05, 3.63) is 59.2 Å². The molecule has 0 unspecified atom stereocenters. The molecule has 0 aromatic heterocycles. The summed E-state index contributed by atoms with van der Waals surface area (Å²) in [6, 6.07) is 15.0. The molecule has 2 aromatic carbocycles. The Kier molecular flexibility index (Phi) is 6.61. The van der Waals surface area contributed by atoms with Crippen LogP contribution >= 0.6 is 0 Å². The van der Waals surface area contributed by atoms with Crippen LogP contribution in [0.15, 0.2) is 42.5 Å². The summed E-state index contributed by atoms with van der Waals surface area (Å²) >= 11 is 0. The van der Waals surface area contributed by atoms with Crippen LogP contribution in [0.1, 0.15) is 42.9 Å². The molecule has 0 saturated carbocycles. The first kappa shape index (κ1) is 20.2. The summed E-state index contributed by atoms with van der Waals surface area (Å²) in [4.78, 5) is 17.0. The van der Waals surface area contributed by atoms with Gasteiger partial charge in [-0.15, -0.1) is 0 Å². The number of aryl methyl sites for hydroxylation is 2. The highest BCUT2D eigenvalue weighted by Crippen LogP contribution is 2.27. The first-order valence-corrected chi connectivity index (χ1v) is 10.4. The van der Waals surface area contributed by atoms with Gasteiger partial charge in [0, 0.05) is 50.5 Å². The maximum absolute atomic E-state index is 12.7. The second-order valence-corrected chi connectivity index (χ2v) is 8.08. The summed E-state index contributed by atoms with van der Waals surface area (Å²) in [5.74, 6) is 0.712. The van der Waals surface area contributed by atoms with E-state index in [0.717, 1.165) is 26.2 Å². The average molecular weight is 380 g/mol. The number of amides is 1. The van der Waals surface area contributed by atoms with Gasteiger partial charge >= 0.3 is 0 Å². The van der Waals surface area contributed by atoms with E-state index in [0.29, 0.717) is 18.9 Å². The number of nitrogens with zero attached hydrogens (tertiary/aromatic N) is 2. The fourth-order valence-corrected chi connectivity index (χ4v) is 3.90. The van der Waals surface area contributed by atoms with Gasteiger partial charge in [0.05, 0.1) is 0 Å². The lowest BCUT2D eigenvalue weighted by Gasteiger charge is -2.36. The molecule has 28 heavy (non-hydrogen) atoms. The van der Waals surface area contributed by atoms with Crippen LogP contribution in [0.2, 0.25) is 0 Å². The van der Waals surface area contributed by atoms with Gasteiger partial charge in [0.15, 0.2) is 0 Å². The lowest BCUT2D eigenvalue weighted by atomic mass is 9.98. The standard InChI is InChI=1S/C24H33N3O/c1-18(2)22-10-6-8-20(4)24(22)25-12-11-23(28)27-15-13-26(14-16-27)21-9-5-7-19(3)17-21/h5-10,17-18,25H,11-16H2,1-4H3. The van der Waals surface area contributed by atoms with Gasteiger partial charge in [0.2, 0.25) is 5.91 Å². The fourth-order valence-electron chi connectivity index (χ4n) is 3.90. The van der Waals surface area contributed by atoms with Crippen molar-refractivity contribution >= 4 is 17.3 Å². The van der Waals surface area contributed by atoms with Crippen LogP contribution in [0, 0.1) is 13.8 Å². The average Bonchev–Trinajstić information content (AvgIpc) is 2.69. The molecule has 1 saturated heterocycles. The Morgan fingerprint density at radius 1 is 1.04 bits per heavy atom. The largest absolute Gasteiger partial charge is 0.384 e. The summed E-state index contributed by atoms with van der Waals surface area (Å²) in [7, 11) is 0. The van der Waals surface area contributed by atoms with Crippen LogP contribution in [0.5, 0.6) is 0 Å². The van der Waals surface area contributed by atoms with Gasteiger partial charge in [-0.1, -0.05) is 44.2 Å². The van der Waals surface area contributed by atoms with Crippen molar-refractivity contribution in [1.29, 1.82) is 0 Å². The number of piperazine rings is 1. The molecule has 1 aliphatic heterocycles. The van der Waals surface area contributed by atoms with E-state index in [9.17, 15) is 4.79 Å². The van der Waals surface area contributed by atoms with Crippen molar-refractivity contribution in [2.24, 2.45) is 0 Å². The van der Waals surface area contributed by atoms with Crippen molar-refractivity contribution in [2.45, 2.75) is 40.0 Å². The molecule has 0 atom stereocenters. The molecule has 4 nitrogen and oxygen atoms in total. The Hall–Kier alpha value is -2.49. The first-order chi connectivity index (χ1) is 13.5. The first-order valence-electron chi connectivity index (χ1n) is 10.4. The van der Waals surface area contributed by atoms with Crippen LogP contribution in [0.4, 0.5) is 11.4 Å². The highest BCUT2D eigenvalue weighted by Gasteiger charge is 2.21. The molecule has 0 bridgehead atoms. The molecule has 1 amide bonds. The highest BCUT2D eigenvalue weighted by atomic mass is 16.2. The molecule has 150 valence electrons. The molecule has 0 radical (unpaired) electrons. The molecular formula is C24H33N3O. The molecule has 3 rings (SSSR count). The number of benzene rings is 2. The van der Waals surface area contributed by atoms with E-state index in [-0.39, 0.29) is 5.91 Å².